The van der Waals surface area contributed by atoms with Crippen molar-refractivity contribution < 1.29 is 9.53 Å². The molecule has 16 heavy (non-hydrogen) atoms. The quantitative estimate of drug-likeness (QED) is 0.683. The van der Waals surface area contributed by atoms with Crippen LogP contribution in [0.25, 0.3) is 0 Å². The lowest BCUT2D eigenvalue weighted by Gasteiger charge is -2.04. The van der Waals surface area contributed by atoms with E-state index in [1.54, 1.807) is 0 Å². The minimum absolute atomic E-state index is 0.259. The van der Waals surface area contributed by atoms with Crippen LogP contribution in [0.5, 0.6) is 5.75 Å². The van der Waals surface area contributed by atoms with E-state index in [0.717, 1.165) is 23.7 Å². The third-order valence-corrected chi connectivity index (χ3v) is 2.96. The van der Waals surface area contributed by atoms with E-state index < -0.39 is 0 Å². The molecule has 1 aliphatic rings. The highest BCUT2D eigenvalue weighted by Crippen LogP contribution is 2.33. The molecule has 1 aromatic rings. The Morgan fingerprint density at radius 2 is 2.00 bits per heavy atom. The predicted molar refractivity (Wildman–Crippen MR) is 63.9 cm³/mol. The van der Waals surface area contributed by atoms with Crippen molar-refractivity contribution in [3.63, 3.8) is 0 Å². The summed E-state index contributed by atoms with van der Waals surface area (Å²) >= 11 is 0. The van der Waals surface area contributed by atoms with Gasteiger partial charge in [0.15, 0.2) is 5.78 Å². The first-order chi connectivity index (χ1) is 7.79. The smallest absolute Gasteiger partial charge is 0.162 e. The van der Waals surface area contributed by atoms with Crippen LogP contribution in [0.15, 0.2) is 24.3 Å². The molecule has 0 amide bonds. The number of rotatable bonds is 6. The summed E-state index contributed by atoms with van der Waals surface area (Å²) < 4.78 is 5.34. The molecule has 2 rings (SSSR count). The zero-order valence-corrected chi connectivity index (χ0v) is 9.74. The zero-order valence-electron chi connectivity index (χ0n) is 9.74. The van der Waals surface area contributed by atoms with Gasteiger partial charge in [0.25, 0.3) is 0 Å². The fourth-order valence-electron chi connectivity index (χ4n) is 1.79. The largest absolute Gasteiger partial charge is 0.494 e. The summed E-state index contributed by atoms with van der Waals surface area (Å²) in [5.41, 5.74) is 0.809. The van der Waals surface area contributed by atoms with Gasteiger partial charge >= 0.3 is 0 Å². The molecule has 1 aromatic carbocycles. The molecule has 1 fully saturated rings. The first-order valence-corrected chi connectivity index (χ1v) is 6.05. The lowest BCUT2D eigenvalue weighted by molar-refractivity contribution is 0.0978. The Morgan fingerprint density at radius 1 is 1.31 bits per heavy atom. The Labute approximate surface area is 96.6 Å². The maximum absolute atomic E-state index is 11.8. The molecular formula is C14H18O2. The van der Waals surface area contributed by atoms with Crippen molar-refractivity contribution in [1.82, 2.24) is 0 Å². The van der Waals surface area contributed by atoms with Gasteiger partial charge in [0, 0.05) is 12.0 Å². The van der Waals surface area contributed by atoms with E-state index in [0.29, 0.717) is 13.0 Å². The van der Waals surface area contributed by atoms with Crippen molar-refractivity contribution in [3.8, 4) is 5.75 Å². The van der Waals surface area contributed by atoms with Gasteiger partial charge in [0.1, 0.15) is 5.75 Å². The molecular weight excluding hydrogens is 200 g/mol. The van der Waals surface area contributed by atoms with E-state index in [1.165, 1.54) is 12.8 Å². The minimum atomic E-state index is 0.259. The van der Waals surface area contributed by atoms with E-state index in [-0.39, 0.29) is 5.78 Å². The van der Waals surface area contributed by atoms with Crippen molar-refractivity contribution in [2.75, 3.05) is 6.61 Å². The van der Waals surface area contributed by atoms with Gasteiger partial charge in [-0.3, -0.25) is 4.79 Å². The number of benzene rings is 1. The number of ketones is 1. The second-order valence-corrected chi connectivity index (χ2v) is 4.36. The molecule has 0 aliphatic heterocycles. The molecule has 2 heteroatoms. The summed E-state index contributed by atoms with van der Waals surface area (Å²) in [7, 11) is 0. The van der Waals surface area contributed by atoms with Crippen LogP contribution in [0, 0.1) is 5.92 Å². The molecule has 0 N–H and O–H groups in total. The van der Waals surface area contributed by atoms with Gasteiger partial charge in [-0.05, 0) is 43.5 Å². The third-order valence-electron chi connectivity index (χ3n) is 2.96. The van der Waals surface area contributed by atoms with Crippen LogP contribution in [0.4, 0.5) is 0 Å². The van der Waals surface area contributed by atoms with Crippen LogP contribution in [0.2, 0.25) is 0 Å². The van der Waals surface area contributed by atoms with Crippen molar-refractivity contribution in [2.45, 2.75) is 32.6 Å². The van der Waals surface area contributed by atoms with Crippen molar-refractivity contribution in [2.24, 2.45) is 5.92 Å². The number of Topliss-reactive ketones (excluding diaryl/α,β-unsaturated/α-hetero) is 1. The number of carbonyl (C=O) groups is 1. The SMILES string of the molecule is CCOc1ccc(C(=O)CCC2CC2)cc1. The van der Waals surface area contributed by atoms with Crippen molar-refractivity contribution >= 4 is 5.78 Å². The molecule has 0 aromatic heterocycles. The van der Waals surface area contributed by atoms with Crippen LogP contribution >= 0.6 is 0 Å². The van der Waals surface area contributed by atoms with Gasteiger partial charge in [-0.25, -0.2) is 0 Å². The Kier molecular flexibility index (Phi) is 3.60. The second kappa shape index (κ2) is 5.15. The number of ether oxygens (including phenoxy) is 1. The lowest BCUT2D eigenvalue weighted by atomic mass is 10.1. The number of hydrogen-bond donors (Lipinski definition) is 0. The summed E-state index contributed by atoms with van der Waals surface area (Å²) in [5, 5.41) is 0. The fourth-order valence-corrected chi connectivity index (χ4v) is 1.79. The molecule has 1 saturated carbocycles. The Balaban J connectivity index is 1.88. The lowest BCUT2D eigenvalue weighted by Crippen LogP contribution is -1.99. The van der Waals surface area contributed by atoms with Gasteiger partial charge in [-0.15, -0.1) is 0 Å². The highest BCUT2D eigenvalue weighted by Gasteiger charge is 2.22. The molecule has 0 bridgehead atoms. The van der Waals surface area contributed by atoms with Crippen LogP contribution in [-0.4, -0.2) is 12.4 Å². The molecule has 0 unspecified atom stereocenters. The number of carbonyl (C=O) groups excluding carboxylic acids is 1. The topological polar surface area (TPSA) is 26.3 Å². The maximum Gasteiger partial charge on any atom is 0.162 e. The van der Waals surface area contributed by atoms with E-state index >= 15 is 0 Å². The predicted octanol–water partition coefficient (Wildman–Crippen LogP) is 3.46. The highest BCUT2D eigenvalue weighted by molar-refractivity contribution is 5.96. The first kappa shape index (κ1) is 11.2. The standard InChI is InChI=1S/C14H18O2/c1-2-16-13-8-6-12(7-9-13)14(15)10-5-11-3-4-11/h6-9,11H,2-5,10H2,1H3. The summed E-state index contributed by atoms with van der Waals surface area (Å²) in [6, 6.07) is 7.46. The van der Waals surface area contributed by atoms with Gasteiger partial charge in [0.05, 0.1) is 6.61 Å². The summed E-state index contributed by atoms with van der Waals surface area (Å²) in [6.45, 7) is 2.61. The van der Waals surface area contributed by atoms with Crippen LogP contribution in [0.1, 0.15) is 43.0 Å². The van der Waals surface area contributed by atoms with Gasteiger partial charge < -0.3 is 4.74 Å². The van der Waals surface area contributed by atoms with Gasteiger partial charge in [0.2, 0.25) is 0 Å². The molecule has 0 spiro atoms. The minimum Gasteiger partial charge on any atom is -0.494 e. The van der Waals surface area contributed by atoms with Gasteiger partial charge in [-0.2, -0.15) is 0 Å². The van der Waals surface area contributed by atoms with Crippen LogP contribution < -0.4 is 4.74 Å². The summed E-state index contributed by atoms with van der Waals surface area (Å²) in [5.74, 6) is 1.92. The fraction of sp³-hybridized carbons (Fsp3) is 0.500. The molecule has 0 heterocycles. The second-order valence-electron chi connectivity index (χ2n) is 4.36. The monoisotopic (exact) mass is 218 g/mol. The third kappa shape index (κ3) is 3.09. The molecule has 86 valence electrons. The molecule has 0 atom stereocenters. The molecule has 0 radical (unpaired) electrons. The summed E-state index contributed by atoms with van der Waals surface area (Å²) in [4.78, 5) is 11.8. The van der Waals surface area contributed by atoms with Crippen LogP contribution in [-0.2, 0) is 0 Å². The zero-order chi connectivity index (χ0) is 11.4. The number of hydrogen-bond acceptors (Lipinski definition) is 2. The molecule has 1 aliphatic carbocycles. The van der Waals surface area contributed by atoms with E-state index in [4.69, 9.17) is 4.74 Å². The van der Waals surface area contributed by atoms with Crippen LogP contribution in [0.3, 0.4) is 0 Å². The first-order valence-electron chi connectivity index (χ1n) is 6.05. The Hall–Kier alpha value is -1.31. The average molecular weight is 218 g/mol. The van der Waals surface area contributed by atoms with Crippen molar-refractivity contribution in [1.29, 1.82) is 0 Å². The normalized spacial score (nSPS) is 14.8. The maximum atomic E-state index is 11.8. The highest BCUT2D eigenvalue weighted by atomic mass is 16.5. The Bertz CT molecular complexity index is 350. The van der Waals surface area contributed by atoms with Crippen molar-refractivity contribution in [3.05, 3.63) is 29.8 Å². The van der Waals surface area contributed by atoms with Gasteiger partial charge in [-0.1, -0.05) is 12.8 Å². The Morgan fingerprint density at radius 3 is 2.56 bits per heavy atom. The van der Waals surface area contributed by atoms with E-state index in [2.05, 4.69) is 0 Å². The van der Waals surface area contributed by atoms with E-state index in [9.17, 15) is 4.79 Å². The molecule has 2 nitrogen and oxygen atoms in total. The average Bonchev–Trinajstić information content (AvgIpc) is 3.11. The summed E-state index contributed by atoms with van der Waals surface area (Å²) in [6.07, 6.45) is 4.39. The van der Waals surface area contributed by atoms with E-state index in [1.807, 2.05) is 31.2 Å². The molecule has 0 saturated heterocycles.